The first-order chi connectivity index (χ1) is 25.7. The Hall–Kier alpha value is -6.24. The van der Waals surface area contributed by atoms with Crippen LogP contribution in [0, 0.1) is 11.8 Å². The predicted octanol–water partition coefficient (Wildman–Crippen LogP) is 5.51. The van der Waals surface area contributed by atoms with Crippen LogP contribution in [0.3, 0.4) is 0 Å². The minimum absolute atomic E-state index is 0.0274. The first kappa shape index (κ1) is 35.2. The fourth-order valence-corrected chi connectivity index (χ4v) is 7.50. The summed E-state index contributed by atoms with van der Waals surface area (Å²) in [5.41, 5.74) is 3.57. The van der Waals surface area contributed by atoms with Gasteiger partial charge in [0.15, 0.2) is 34.5 Å². The molecule has 4 aromatic carbocycles. The molecule has 53 heavy (non-hydrogen) atoms. The molecule has 2 heterocycles. The molecule has 2 N–H and O–H groups in total. The van der Waals surface area contributed by atoms with Gasteiger partial charge in [0.05, 0.1) is 61.2 Å². The highest BCUT2D eigenvalue weighted by Gasteiger charge is 2.53. The molecule has 1 fully saturated rings. The number of rotatable bonds is 11. The molecule has 0 bridgehead atoms. The van der Waals surface area contributed by atoms with E-state index in [0.717, 1.165) is 16.7 Å². The van der Waals surface area contributed by atoms with Crippen LogP contribution in [0.4, 0.5) is 0 Å². The minimum Gasteiger partial charge on any atom is -0.508 e. The van der Waals surface area contributed by atoms with E-state index in [4.69, 9.17) is 42.6 Å². The van der Waals surface area contributed by atoms with Gasteiger partial charge in [0, 0.05) is 17.4 Å². The Bertz CT molecular complexity index is 2040. The van der Waals surface area contributed by atoms with Crippen molar-refractivity contribution in [3.63, 3.8) is 0 Å². The van der Waals surface area contributed by atoms with Crippen molar-refractivity contribution in [2.75, 3.05) is 56.1 Å². The molecular weight excluding hydrogens is 686 g/mol. The van der Waals surface area contributed by atoms with E-state index >= 15 is 0 Å². The number of amides is 1. The van der Waals surface area contributed by atoms with Crippen LogP contribution in [-0.4, -0.2) is 73.0 Å². The molecule has 7 rings (SSSR count). The molecule has 1 saturated heterocycles. The maximum absolute atomic E-state index is 14.8. The van der Waals surface area contributed by atoms with Crippen LogP contribution in [0.25, 0.3) is 11.6 Å². The van der Waals surface area contributed by atoms with Crippen molar-refractivity contribution in [2.24, 2.45) is 11.8 Å². The van der Waals surface area contributed by atoms with Crippen molar-refractivity contribution in [2.45, 2.75) is 12.0 Å². The summed E-state index contributed by atoms with van der Waals surface area (Å²) in [5.74, 6) is 0.857. The van der Waals surface area contributed by atoms with Gasteiger partial charge >= 0.3 is 5.97 Å². The van der Waals surface area contributed by atoms with E-state index in [2.05, 4.69) is 5.32 Å². The average molecular weight is 726 g/mol. The molecular formula is C40H39NO12. The number of nitrogens with one attached hydrogen (secondary N) is 1. The van der Waals surface area contributed by atoms with Crippen molar-refractivity contribution < 1.29 is 57.3 Å². The van der Waals surface area contributed by atoms with Gasteiger partial charge in [0.1, 0.15) is 5.75 Å². The van der Waals surface area contributed by atoms with Gasteiger partial charge in [-0.05, 0) is 82.4 Å². The second-order valence-corrected chi connectivity index (χ2v) is 12.6. The number of ether oxygens (including phenoxy) is 9. The number of carbonyl (C=O) groups is 2. The Morgan fingerprint density at radius 1 is 0.736 bits per heavy atom. The molecule has 1 amide bonds. The lowest BCUT2D eigenvalue weighted by molar-refractivity contribution is -0.141. The summed E-state index contributed by atoms with van der Waals surface area (Å²) in [6, 6.07) is 16.5. The number of fused-ring (bicyclic) bond motifs is 3. The van der Waals surface area contributed by atoms with Crippen molar-refractivity contribution in [1.29, 1.82) is 0 Å². The third-order valence-electron chi connectivity index (χ3n) is 9.94. The van der Waals surface area contributed by atoms with Crippen molar-refractivity contribution in [3.05, 3.63) is 88.5 Å². The summed E-state index contributed by atoms with van der Waals surface area (Å²) in [4.78, 5) is 28.5. The Morgan fingerprint density at radius 2 is 1.28 bits per heavy atom. The number of hydrogen-bond donors (Lipinski definition) is 2. The van der Waals surface area contributed by atoms with E-state index in [1.165, 1.54) is 54.8 Å². The number of phenols is 1. The van der Waals surface area contributed by atoms with E-state index in [9.17, 15) is 14.7 Å². The molecule has 0 unspecified atom stereocenters. The van der Waals surface area contributed by atoms with Crippen LogP contribution in [0.5, 0.6) is 51.7 Å². The molecule has 0 radical (unpaired) electrons. The molecule has 4 atom stereocenters. The monoisotopic (exact) mass is 725 g/mol. The number of methoxy groups -OCH3 is 6. The minimum atomic E-state index is -0.707. The lowest BCUT2D eigenvalue weighted by Crippen LogP contribution is -2.43. The van der Waals surface area contributed by atoms with E-state index in [-0.39, 0.29) is 24.7 Å². The van der Waals surface area contributed by atoms with Crippen LogP contribution in [-0.2, 0) is 14.3 Å². The second-order valence-electron chi connectivity index (χ2n) is 12.6. The molecule has 276 valence electrons. The van der Waals surface area contributed by atoms with Gasteiger partial charge < -0.3 is 53.1 Å². The highest BCUT2D eigenvalue weighted by Crippen LogP contribution is 2.56. The van der Waals surface area contributed by atoms with Crippen LogP contribution in [0.2, 0.25) is 0 Å². The zero-order valence-electron chi connectivity index (χ0n) is 30.0. The van der Waals surface area contributed by atoms with Gasteiger partial charge in [0.2, 0.25) is 18.3 Å². The van der Waals surface area contributed by atoms with Crippen LogP contribution in [0.15, 0.2) is 60.7 Å². The Balaban J connectivity index is 1.38. The number of hydrogen-bond acceptors (Lipinski definition) is 12. The van der Waals surface area contributed by atoms with Crippen LogP contribution in [0.1, 0.15) is 39.8 Å². The number of cyclic esters (lactones) is 1. The van der Waals surface area contributed by atoms with Gasteiger partial charge in [-0.15, -0.1) is 0 Å². The molecule has 4 aromatic rings. The van der Waals surface area contributed by atoms with Crippen LogP contribution >= 0.6 is 0 Å². The van der Waals surface area contributed by atoms with Crippen molar-refractivity contribution in [1.82, 2.24) is 5.32 Å². The topological polar surface area (TPSA) is 149 Å². The lowest BCUT2D eigenvalue weighted by atomic mass is 9.65. The van der Waals surface area contributed by atoms with Crippen LogP contribution < -0.4 is 43.2 Å². The fraction of sp³-hybridized carbons (Fsp3) is 0.300. The Morgan fingerprint density at radius 3 is 1.83 bits per heavy atom. The van der Waals surface area contributed by atoms with Crippen molar-refractivity contribution in [3.8, 4) is 51.7 Å². The largest absolute Gasteiger partial charge is 0.508 e. The maximum atomic E-state index is 14.8. The van der Waals surface area contributed by atoms with E-state index in [0.29, 0.717) is 57.1 Å². The summed E-state index contributed by atoms with van der Waals surface area (Å²) in [6.07, 6.45) is 1.70. The lowest BCUT2D eigenvalue weighted by Gasteiger charge is -2.39. The van der Waals surface area contributed by atoms with Gasteiger partial charge in [-0.1, -0.05) is 12.1 Å². The Labute approximate surface area is 305 Å². The third-order valence-corrected chi connectivity index (χ3v) is 9.94. The van der Waals surface area contributed by atoms with Gasteiger partial charge in [0.25, 0.3) is 5.91 Å². The maximum Gasteiger partial charge on any atom is 0.310 e. The first-order valence-electron chi connectivity index (χ1n) is 16.7. The molecule has 13 nitrogen and oxygen atoms in total. The van der Waals surface area contributed by atoms with E-state index < -0.39 is 35.7 Å². The predicted molar refractivity (Wildman–Crippen MR) is 191 cm³/mol. The first-order valence-corrected chi connectivity index (χ1v) is 16.7. The van der Waals surface area contributed by atoms with Crippen molar-refractivity contribution >= 4 is 23.5 Å². The molecule has 0 spiro atoms. The van der Waals surface area contributed by atoms with E-state index in [1.807, 2.05) is 24.3 Å². The quantitative estimate of drug-likeness (QED) is 0.114. The zero-order valence-corrected chi connectivity index (χ0v) is 30.0. The average Bonchev–Trinajstić information content (AvgIpc) is 3.81. The summed E-state index contributed by atoms with van der Waals surface area (Å²) in [5, 5.41) is 13.2. The molecule has 1 aliphatic carbocycles. The summed E-state index contributed by atoms with van der Waals surface area (Å²) >= 11 is 0. The summed E-state index contributed by atoms with van der Waals surface area (Å²) in [6.45, 7) is 0.0874. The zero-order chi connectivity index (χ0) is 37.4. The van der Waals surface area contributed by atoms with Gasteiger partial charge in [-0.3, -0.25) is 9.59 Å². The molecule has 0 saturated carbocycles. The normalized spacial score (nSPS) is 19.7. The number of aromatic hydroxyl groups is 1. The molecule has 13 heteroatoms. The summed E-state index contributed by atoms with van der Waals surface area (Å²) in [7, 11) is 9.08. The number of phenolic OH excluding ortho intramolecular Hbond substituents is 1. The highest BCUT2D eigenvalue weighted by molar-refractivity contribution is 6.24. The summed E-state index contributed by atoms with van der Waals surface area (Å²) < 4.78 is 51.1. The smallest absolute Gasteiger partial charge is 0.310 e. The standard InChI is InChI=1S/C40H39NO12/c1-45-30-12-21(13-31(46-2)37(30)49-5)24(11-20-7-9-23(42)10-8-20)39(43)41-36-26-17-29-28(52-19-53-29)16-25(26)34(35-27(36)18-51-40(35)44)22-14-32(47-3)38(50-6)33(15-22)48-4/h7-17,27,34-36,42H,18-19H2,1-6H3,(H,41,43)/b24-11+/t27-,34+,35-,36+/m0/s1. The second kappa shape index (κ2) is 14.4. The van der Waals surface area contributed by atoms with Gasteiger partial charge in [-0.25, -0.2) is 0 Å². The molecule has 3 aliphatic rings. The number of carbonyl (C=O) groups excluding carboxylic acids is 2. The molecule has 2 aliphatic heterocycles. The number of esters is 1. The fourth-order valence-electron chi connectivity index (χ4n) is 7.50. The number of benzene rings is 4. The van der Waals surface area contributed by atoms with E-state index in [1.54, 1.807) is 30.3 Å². The highest BCUT2D eigenvalue weighted by atomic mass is 16.7. The van der Waals surface area contributed by atoms with Gasteiger partial charge in [-0.2, -0.15) is 0 Å². The Kier molecular flexibility index (Phi) is 9.56. The molecule has 0 aromatic heterocycles. The third kappa shape index (κ3) is 6.21. The SMILES string of the molecule is COc1cc(/C(=C\c2ccc(O)cc2)C(=O)N[C@@H]2c3cc4c(cc3[C@@H](c3cc(OC)c(OC)c(OC)c3)[C@H]3C(=O)OC[C@@H]32)OCO4)cc(OC)c1OC.